The van der Waals surface area contributed by atoms with Crippen molar-refractivity contribution in [2.75, 3.05) is 0 Å². The van der Waals surface area contributed by atoms with Crippen LogP contribution < -0.4 is 17.0 Å². The number of hydrogen-bond acceptors (Lipinski definition) is 4. The molecule has 0 bridgehead atoms. The Morgan fingerprint density at radius 1 is 1.47 bits per heavy atom. The van der Waals surface area contributed by atoms with Crippen molar-refractivity contribution in [2.24, 2.45) is 5.73 Å². The van der Waals surface area contributed by atoms with Gasteiger partial charge in [0.15, 0.2) is 0 Å². The van der Waals surface area contributed by atoms with E-state index in [1.165, 1.54) is 4.57 Å². The second kappa shape index (κ2) is 4.17. The fraction of sp³-hybridized carbons (Fsp3) is 0.500. The predicted octanol–water partition coefficient (Wildman–Crippen LogP) is -0.713. The molecule has 92 valence electrons. The summed E-state index contributed by atoms with van der Waals surface area (Å²) in [7, 11) is 0. The molecule has 1 aliphatic carbocycles. The minimum atomic E-state index is -1.36. The second-order valence-electron chi connectivity index (χ2n) is 4.18. The first-order valence-corrected chi connectivity index (χ1v) is 5.35. The molecule has 1 aliphatic rings. The molecule has 1 saturated carbocycles. The molecule has 2 atom stereocenters. The van der Waals surface area contributed by atoms with Crippen molar-refractivity contribution in [1.82, 2.24) is 9.55 Å². The number of hydrogen-bond donors (Lipinski definition) is 3. The number of aromatic amines is 1. The van der Waals surface area contributed by atoms with Crippen molar-refractivity contribution >= 4 is 5.97 Å². The van der Waals surface area contributed by atoms with Crippen molar-refractivity contribution in [1.29, 1.82) is 0 Å². The summed E-state index contributed by atoms with van der Waals surface area (Å²) in [6, 6.07) is -0.419. The van der Waals surface area contributed by atoms with Gasteiger partial charge in [-0.1, -0.05) is 0 Å². The molecule has 0 aromatic carbocycles. The van der Waals surface area contributed by atoms with Crippen LogP contribution in [0.25, 0.3) is 0 Å². The zero-order chi connectivity index (χ0) is 12.6. The third-order valence-corrected chi connectivity index (χ3v) is 3.09. The molecule has 7 heteroatoms. The van der Waals surface area contributed by atoms with Crippen LogP contribution in [0.1, 0.15) is 35.7 Å². The lowest BCUT2D eigenvalue weighted by molar-refractivity contribution is 0.0693. The van der Waals surface area contributed by atoms with Crippen LogP contribution in [0.2, 0.25) is 0 Å². The van der Waals surface area contributed by atoms with Gasteiger partial charge in [-0.15, -0.1) is 0 Å². The Kier molecular flexibility index (Phi) is 2.84. The average Bonchev–Trinajstić information content (AvgIpc) is 2.64. The molecule has 7 nitrogen and oxygen atoms in total. The molecule has 0 amide bonds. The quantitative estimate of drug-likeness (QED) is 0.629. The highest BCUT2D eigenvalue weighted by atomic mass is 16.4. The van der Waals surface area contributed by atoms with Gasteiger partial charge in [-0.3, -0.25) is 14.3 Å². The van der Waals surface area contributed by atoms with Gasteiger partial charge in [0.1, 0.15) is 5.56 Å². The zero-order valence-electron chi connectivity index (χ0n) is 9.05. The van der Waals surface area contributed by atoms with Gasteiger partial charge in [-0.05, 0) is 19.3 Å². The maximum atomic E-state index is 11.6. The monoisotopic (exact) mass is 239 g/mol. The molecule has 4 N–H and O–H groups in total. The summed E-state index contributed by atoms with van der Waals surface area (Å²) >= 11 is 0. The second-order valence-corrected chi connectivity index (χ2v) is 4.18. The number of rotatable bonds is 2. The summed E-state index contributed by atoms with van der Waals surface area (Å²) in [5.74, 6) is -1.36. The maximum Gasteiger partial charge on any atom is 0.342 e. The third-order valence-electron chi connectivity index (χ3n) is 3.09. The number of carbonyl (C=O) groups is 1. The number of carboxylic acid groups (broad SMARTS) is 1. The minimum Gasteiger partial charge on any atom is -0.477 e. The van der Waals surface area contributed by atoms with Gasteiger partial charge in [-0.25, -0.2) is 9.59 Å². The van der Waals surface area contributed by atoms with Crippen molar-refractivity contribution in [3.63, 3.8) is 0 Å². The Balaban J connectivity index is 2.54. The van der Waals surface area contributed by atoms with Gasteiger partial charge < -0.3 is 10.8 Å². The zero-order valence-corrected chi connectivity index (χ0v) is 9.05. The van der Waals surface area contributed by atoms with Gasteiger partial charge in [0, 0.05) is 12.2 Å². The number of H-pyrrole nitrogens is 1. The molecule has 17 heavy (non-hydrogen) atoms. The summed E-state index contributed by atoms with van der Waals surface area (Å²) in [6.07, 6.45) is 3.48. The predicted molar refractivity (Wildman–Crippen MR) is 59.1 cm³/mol. The van der Waals surface area contributed by atoms with Crippen LogP contribution in [0.15, 0.2) is 15.8 Å². The molecule has 1 aromatic rings. The van der Waals surface area contributed by atoms with Crippen LogP contribution >= 0.6 is 0 Å². The topological polar surface area (TPSA) is 118 Å². The van der Waals surface area contributed by atoms with Crippen LogP contribution in [0.3, 0.4) is 0 Å². The number of nitrogens with one attached hydrogen (secondary N) is 1. The van der Waals surface area contributed by atoms with Crippen molar-refractivity contribution in [3.8, 4) is 0 Å². The number of aromatic nitrogens is 2. The van der Waals surface area contributed by atoms with E-state index in [-0.39, 0.29) is 12.1 Å². The number of nitrogens with two attached hydrogens (primary N) is 1. The van der Waals surface area contributed by atoms with E-state index in [0.717, 1.165) is 19.0 Å². The normalized spacial score (nSPS) is 23.8. The molecule has 0 radical (unpaired) electrons. The molecular formula is C10H13N3O4. The summed E-state index contributed by atoms with van der Waals surface area (Å²) in [6.45, 7) is 0. The largest absolute Gasteiger partial charge is 0.477 e. The fourth-order valence-electron chi connectivity index (χ4n) is 2.20. The van der Waals surface area contributed by atoms with Gasteiger partial charge in [-0.2, -0.15) is 0 Å². The van der Waals surface area contributed by atoms with E-state index >= 15 is 0 Å². The summed E-state index contributed by atoms with van der Waals surface area (Å²) in [5.41, 5.74) is 3.91. The fourth-order valence-corrected chi connectivity index (χ4v) is 2.20. The summed E-state index contributed by atoms with van der Waals surface area (Å²) in [4.78, 5) is 35.7. The summed E-state index contributed by atoms with van der Waals surface area (Å²) in [5, 5.41) is 8.82. The Bertz CT molecular complexity index is 559. The smallest absolute Gasteiger partial charge is 0.342 e. The van der Waals surface area contributed by atoms with Crippen LogP contribution in [0.5, 0.6) is 0 Å². The van der Waals surface area contributed by atoms with E-state index in [2.05, 4.69) is 0 Å². The molecule has 0 saturated heterocycles. The molecule has 0 unspecified atom stereocenters. The van der Waals surface area contributed by atoms with Crippen LogP contribution in [0.4, 0.5) is 0 Å². The van der Waals surface area contributed by atoms with E-state index < -0.39 is 22.8 Å². The maximum absolute atomic E-state index is 11.6. The first-order chi connectivity index (χ1) is 8.00. The van der Waals surface area contributed by atoms with Gasteiger partial charge >= 0.3 is 11.7 Å². The molecule has 0 spiro atoms. The lowest BCUT2D eigenvalue weighted by Crippen LogP contribution is -2.39. The molecule has 2 rings (SSSR count). The summed E-state index contributed by atoms with van der Waals surface area (Å²) < 4.78 is 1.22. The molecule has 1 heterocycles. The van der Waals surface area contributed by atoms with Gasteiger partial charge in [0.05, 0.1) is 6.04 Å². The highest BCUT2D eigenvalue weighted by Crippen LogP contribution is 2.27. The van der Waals surface area contributed by atoms with E-state index in [9.17, 15) is 14.4 Å². The molecular weight excluding hydrogens is 226 g/mol. The number of nitrogens with zero attached hydrogens (tertiary/aromatic N) is 1. The lowest BCUT2D eigenvalue weighted by atomic mass is 10.2. The highest BCUT2D eigenvalue weighted by molar-refractivity contribution is 5.86. The first-order valence-electron chi connectivity index (χ1n) is 5.35. The van der Waals surface area contributed by atoms with E-state index in [4.69, 9.17) is 10.8 Å². The molecule has 1 aromatic heterocycles. The number of aromatic carboxylic acids is 1. The lowest BCUT2D eigenvalue weighted by Gasteiger charge is -2.18. The Labute approximate surface area is 95.9 Å². The van der Waals surface area contributed by atoms with Crippen LogP contribution in [-0.4, -0.2) is 26.7 Å². The van der Waals surface area contributed by atoms with Crippen LogP contribution in [0, 0.1) is 0 Å². The van der Waals surface area contributed by atoms with Crippen molar-refractivity contribution in [3.05, 3.63) is 32.6 Å². The van der Waals surface area contributed by atoms with E-state index in [1.807, 2.05) is 4.98 Å². The highest BCUT2D eigenvalue weighted by Gasteiger charge is 2.27. The van der Waals surface area contributed by atoms with Crippen molar-refractivity contribution < 1.29 is 9.90 Å². The Morgan fingerprint density at radius 2 is 2.18 bits per heavy atom. The Hall–Kier alpha value is -1.89. The average molecular weight is 239 g/mol. The van der Waals surface area contributed by atoms with Gasteiger partial charge in [0.25, 0.3) is 5.56 Å². The minimum absolute atomic E-state index is 0.180. The third kappa shape index (κ3) is 2.01. The Morgan fingerprint density at radius 3 is 2.71 bits per heavy atom. The van der Waals surface area contributed by atoms with Crippen molar-refractivity contribution in [2.45, 2.75) is 31.3 Å². The molecule has 0 aliphatic heterocycles. The van der Waals surface area contributed by atoms with E-state index in [0.29, 0.717) is 6.42 Å². The van der Waals surface area contributed by atoms with E-state index in [1.54, 1.807) is 0 Å². The number of carboxylic acids is 1. The first kappa shape index (κ1) is 11.6. The van der Waals surface area contributed by atoms with Crippen LogP contribution in [-0.2, 0) is 0 Å². The standard InChI is InChI=1S/C10H13N3O4/c11-6-2-1-3-7(6)13-4-5(9(15)16)8(14)12-10(13)17/h4,6-7H,1-3,11H2,(H,15,16)(H,12,14,17)/t6-,7-/m1/s1. The SMILES string of the molecule is N[C@@H]1CCC[C@H]1n1cc(C(=O)O)c(=O)[nH]c1=O. The van der Waals surface area contributed by atoms with Gasteiger partial charge in [0.2, 0.25) is 0 Å². The molecule has 1 fully saturated rings.